The molecule has 0 spiro atoms. The maximum absolute atomic E-state index is 13.4. The van der Waals surface area contributed by atoms with Crippen molar-refractivity contribution in [3.8, 4) is 0 Å². The number of carbonyl (C=O) groups is 1. The van der Waals surface area contributed by atoms with Crippen LogP contribution in [0.2, 0.25) is 0 Å². The van der Waals surface area contributed by atoms with Crippen LogP contribution in [-0.2, 0) is 14.8 Å². The lowest BCUT2D eigenvalue weighted by atomic mass is 10.1. The summed E-state index contributed by atoms with van der Waals surface area (Å²) in [6, 6.07) is 15.1. The first-order chi connectivity index (χ1) is 13.4. The molecular formula is C20H25FN3O3S+. The minimum atomic E-state index is -3.75. The second-order valence-electron chi connectivity index (χ2n) is 6.88. The number of nitrogens with zero attached hydrogens (tertiary/aromatic N) is 2. The molecule has 2 N–H and O–H groups in total. The van der Waals surface area contributed by atoms with Gasteiger partial charge in [0.25, 0.3) is 5.91 Å². The van der Waals surface area contributed by atoms with E-state index in [4.69, 9.17) is 0 Å². The van der Waals surface area contributed by atoms with E-state index >= 15 is 0 Å². The van der Waals surface area contributed by atoms with Crippen LogP contribution in [0.5, 0.6) is 0 Å². The Hall–Kier alpha value is -2.29. The lowest BCUT2D eigenvalue weighted by Crippen LogP contribution is -2.87. The quantitative estimate of drug-likeness (QED) is 0.777. The Morgan fingerprint density at radius 2 is 1.75 bits per heavy atom. The number of carbonyl (C=O) groups excluding carboxylic acids is 1. The maximum atomic E-state index is 13.4. The zero-order valence-electron chi connectivity index (χ0n) is 15.8. The summed E-state index contributed by atoms with van der Waals surface area (Å²) in [5.41, 5.74) is 1.15. The van der Waals surface area contributed by atoms with Crippen molar-refractivity contribution in [3.63, 3.8) is 0 Å². The minimum absolute atomic E-state index is 0.00872. The van der Waals surface area contributed by atoms with E-state index in [1.165, 1.54) is 22.5 Å². The molecule has 1 saturated heterocycles. The van der Waals surface area contributed by atoms with Gasteiger partial charge in [-0.15, -0.1) is 0 Å². The first-order valence-corrected chi connectivity index (χ1v) is 10.7. The SMILES string of the molecule is C[C@H]([NH2+]CC(=O)N1CCN(S(=O)(=O)c2cccc(F)c2)CC1)c1ccccc1. The van der Waals surface area contributed by atoms with E-state index < -0.39 is 15.8 Å². The predicted octanol–water partition coefficient (Wildman–Crippen LogP) is 0.983. The molecule has 0 unspecified atom stereocenters. The molecule has 1 amide bonds. The first-order valence-electron chi connectivity index (χ1n) is 9.29. The van der Waals surface area contributed by atoms with E-state index in [-0.39, 0.29) is 29.9 Å². The predicted molar refractivity (Wildman–Crippen MR) is 103 cm³/mol. The lowest BCUT2D eigenvalue weighted by Gasteiger charge is -2.33. The first kappa shape index (κ1) is 20.4. The van der Waals surface area contributed by atoms with Crippen molar-refractivity contribution >= 4 is 15.9 Å². The lowest BCUT2D eigenvalue weighted by molar-refractivity contribution is -0.683. The summed E-state index contributed by atoms with van der Waals surface area (Å²) in [6.07, 6.45) is 0. The number of benzene rings is 2. The topological polar surface area (TPSA) is 74.3 Å². The van der Waals surface area contributed by atoms with Gasteiger partial charge >= 0.3 is 0 Å². The molecule has 150 valence electrons. The highest BCUT2D eigenvalue weighted by Crippen LogP contribution is 2.18. The largest absolute Gasteiger partial charge is 0.335 e. The van der Waals surface area contributed by atoms with Gasteiger partial charge in [0, 0.05) is 31.7 Å². The average Bonchev–Trinajstić information content (AvgIpc) is 2.72. The fraction of sp³-hybridized carbons (Fsp3) is 0.350. The number of hydrogen-bond donors (Lipinski definition) is 1. The number of amides is 1. The standard InChI is InChI=1S/C20H24FN3O3S/c1-16(17-6-3-2-4-7-17)22-15-20(25)23-10-12-24(13-11-23)28(26,27)19-9-5-8-18(21)14-19/h2-9,14,16,22H,10-13,15H2,1H3/p+1/t16-/m0/s1. The molecule has 1 aliphatic heterocycles. The van der Waals surface area contributed by atoms with Crippen LogP contribution in [0.3, 0.4) is 0 Å². The molecule has 0 bridgehead atoms. The van der Waals surface area contributed by atoms with Crippen LogP contribution < -0.4 is 5.32 Å². The van der Waals surface area contributed by atoms with Crippen LogP contribution in [0.1, 0.15) is 18.5 Å². The van der Waals surface area contributed by atoms with Crippen molar-refractivity contribution < 1.29 is 22.9 Å². The van der Waals surface area contributed by atoms with Crippen LogP contribution in [0.15, 0.2) is 59.5 Å². The zero-order chi connectivity index (χ0) is 20.1. The van der Waals surface area contributed by atoms with Gasteiger partial charge in [-0.05, 0) is 25.1 Å². The Kier molecular flexibility index (Phi) is 6.43. The molecule has 1 heterocycles. The fourth-order valence-corrected chi connectivity index (χ4v) is 4.71. The molecule has 0 aromatic heterocycles. The summed E-state index contributed by atoms with van der Waals surface area (Å²) >= 11 is 0. The number of quaternary nitrogens is 1. The Morgan fingerprint density at radius 3 is 2.39 bits per heavy atom. The van der Waals surface area contributed by atoms with Crippen LogP contribution in [0.4, 0.5) is 4.39 Å². The van der Waals surface area contributed by atoms with Crippen molar-refractivity contribution in [3.05, 3.63) is 66.0 Å². The van der Waals surface area contributed by atoms with Gasteiger partial charge in [0.15, 0.2) is 6.54 Å². The molecular weight excluding hydrogens is 381 g/mol. The molecule has 6 nitrogen and oxygen atoms in total. The zero-order valence-corrected chi connectivity index (χ0v) is 16.6. The van der Waals surface area contributed by atoms with E-state index in [1.54, 1.807) is 4.90 Å². The second-order valence-corrected chi connectivity index (χ2v) is 8.82. The Morgan fingerprint density at radius 1 is 1.07 bits per heavy atom. The molecule has 2 aromatic rings. The number of sulfonamides is 1. The molecule has 28 heavy (non-hydrogen) atoms. The fourth-order valence-electron chi connectivity index (χ4n) is 3.25. The van der Waals surface area contributed by atoms with Crippen molar-refractivity contribution in [1.29, 1.82) is 0 Å². The summed E-state index contributed by atoms with van der Waals surface area (Å²) in [7, 11) is -3.75. The van der Waals surface area contributed by atoms with Crippen molar-refractivity contribution in [2.24, 2.45) is 0 Å². The van der Waals surface area contributed by atoms with Crippen LogP contribution in [-0.4, -0.2) is 56.3 Å². The van der Waals surface area contributed by atoms with Gasteiger partial charge in [-0.3, -0.25) is 4.79 Å². The Balaban J connectivity index is 1.52. The number of halogens is 1. The number of nitrogens with two attached hydrogens (primary N) is 1. The molecule has 0 aliphatic carbocycles. The normalized spacial score (nSPS) is 16.7. The molecule has 1 aliphatic rings. The highest BCUT2D eigenvalue weighted by atomic mass is 32.2. The third kappa shape index (κ3) is 4.76. The average molecular weight is 407 g/mol. The highest BCUT2D eigenvalue weighted by Gasteiger charge is 2.30. The number of piperazine rings is 1. The monoisotopic (exact) mass is 406 g/mol. The van der Waals surface area contributed by atoms with Gasteiger partial charge in [0.2, 0.25) is 10.0 Å². The van der Waals surface area contributed by atoms with Crippen LogP contribution >= 0.6 is 0 Å². The van der Waals surface area contributed by atoms with Crippen LogP contribution in [0.25, 0.3) is 0 Å². The Labute approximate surface area is 165 Å². The summed E-state index contributed by atoms with van der Waals surface area (Å²) in [6.45, 7) is 3.44. The molecule has 8 heteroatoms. The molecule has 0 radical (unpaired) electrons. The molecule has 0 saturated carbocycles. The summed E-state index contributed by atoms with van der Waals surface area (Å²) in [5, 5.41) is 1.98. The summed E-state index contributed by atoms with van der Waals surface area (Å²) in [5.74, 6) is -0.594. The van der Waals surface area contributed by atoms with Gasteiger partial charge < -0.3 is 10.2 Å². The maximum Gasteiger partial charge on any atom is 0.277 e. The van der Waals surface area contributed by atoms with Gasteiger partial charge in [0.05, 0.1) is 4.90 Å². The van der Waals surface area contributed by atoms with Gasteiger partial charge in [-0.25, -0.2) is 12.8 Å². The van der Waals surface area contributed by atoms with Gasteiger partial charge in [-0.1, -0.05) is 36.4 Å². The van der Waals surface area contributed by atoms with Crippen molar-refractivity contribution in [2.75, 3.05) is 32.7 Å². The van der Waals surface area contributed by atoms with Crippen molar-refractivity contribution in [2.45, 2.75) is 17.9 Å². The second kappa shape index (κ2) is 8.81. The van der Waals surface area contributed by atoms with Crippen LogP contribution in [0, 0.1) is 5.82 Å². The number of hydrogen-bond acceptors (Lipinski definition) is 3. The van der Waals surface area contributed by atoms with E-state index in [2.05, 4.69) is 0 Å². The van der Waals surface area contributed by atoms with Gasteiger partial charge in [0.1, 0.15) is 11.9 Å². The number of rotatable bonds is 6. The van der Waals surface area contributed by atoms with E-state index in [9.17, 15) is 17.6 Å². The minimum Gasteiger partial charge on any atom is -0.335 e. The molecule has 2 aromatic carbocycles. The van der Waals surface area contributed by atoms with E-state index in [0.717, 1.165) is 11.6 Å². The van der Waals surface area contributed by atoms with E-state index in [1.807, 2.05) is 42.6 Å². The third-order valence-electron chi connectivity index (χ3n) is 5.00. The summed E-state index contributed by atoms with van der Waals surface area (Å²) in [4.78, 5) is 14.1. The molecule has 3 rings (SSSR count). The summed E-state index contributed by atoms with van der Waals surface area (Å²) < 4.78 is 39.9. The van der Waals surface area contributed by atoms with E-state index in [0.29, 0.717) is 19.6 Å². The molecule has 1 fully saturated rings. The highest BCUT2D eigenvalue weighted by molar-refractivity contribution is 7.89. The van der Waals surface area contributed by atoms with Crippen molar-refractivity contribution in [1.82, 2.24) is 9.21 Å². The smallest absolute Gasteiger partial charge is 0.277 e. The van der Waals surface area contributed by atoms with Gasteiger partial charge in [-0.2, -0.15) is 4.31 Å². The molecule has 1 atom stereocenters. The third-order valence-corrected chi connectivity index (χ3v) is 6.89. The Bertz CT molecular complexity index is 913.